The van der Waals surface area contributed by atoms with Crippen molar-refractivity contribution < 1.29 is 14.7 Å². The molecule has 21 heavy (non-hydrogen) atoms. The number of rotatable bonds is 5. The molecule has 5 nitrogen and oxygen atoms in total. The number of carboxylic acids is 1. The predicted molar refractivity (Wildman–Crippen MR) is 79.3 cm³/mol. The standard InChI is InChI=1S/C16H22N2O3/c1-18(10-8-12-5-3-2-4-6-12)15(19)14-11-13(16(20)21)7-9-17-14/h7,9,11-12H,2-6,8,10H2,1H3,(H,20,21). The second kappa shape index (κ2) is 7.20. The van der Waals surface area contributed by atoms with Gasteiger partial charge in [0.05, 0.1) is 5.56 Å². The van der Waals surface area contributed by atoms with Crippen LogP contribution in [0.4, 0.5) is 0 Å². The van der Waals surface area contributed by atoms with E-state index in [4.69, 9.17) is 5.11 Å². The lowest BCUT2D eigenvalue weighted by molar-refractivity contribution is 0.0696. The van der Waals surface area contributed by atoms with Crippen molar-refractivity contribution in [3.63, 3.8) is 0 Å². The summed E-state index contributed by atoms with van der Waals surface area (Å²) in [4.78, 5) is 28.8. The lowest BCUT2D eigenvalue weighted by Gasteiger charge is -2.24. The Morgan fingerprint density at radius 2 is 2.05 bits per heavy atom. The van der Waals surface area contributed by atoms with E-state index in [-0.39, 0.29) is 17.2 Å². The number of nitrogens with zero attached hydrogens (tertiary/aromatic N) is 2. The average molecular weight is 290 g/mol. The fourth-order valence-electron chi connectivity index (χ4n) is 2.83. The van der Waals surface area contributed by atoms with Gasteiger partial charge in [-0.1, -0.05) is 32.1 Å². The third-order valence-corrected chi connectivity index (χ3v) is 4.17. The van der Waals surface area contributed by atoms with Crippen molar-refractivity contribution in [3.05, 3.63) is 29.6 Å². The maximum absolute atomic E-state index is 12.3. The quantitative estimate of drug-likeness (QED) is 0.905. The predicted octanol–water partition coefficient (Wildman–Crippen LogP) is 2.82. The number of carbonyl (C=O) groups excluding carboxylic acids is 1. The molecule has 1 heterocycles. The molecule has 0 saturated heterocycles. The fraction of sp³-hybridized carbons (Fsp3) is 0.562. The third kappa shape index (κ3) is 4.28. The smallest absolute Gasteiger partial charge is 0.335 e. The van der Waals surface area contributed by atoms with E-state index in [2.05, 4.69) is 4.98 Å². The molecule has 0 bridgehead atoms. The Balaban J connectivity index is 1.92. The summed E-state index contributed by atoms with van der Waals surface area (Å²) in [5.41, 5.74) is 0.287. The van der Waals surface area contributed by atoms with Gasteiger partial charge in [0.25, 0.3) is 5.91 Å². The lowest BCUT2D eigenvalue weighted by Crippen LogP contribution is -2.30. The van der Waals surface area contributed by atoms with Crippen molar-refractivity contribution in [2.45, 2.75) is 38.5 Å². The van der Waals surface area contributed by atoms with Gasteiger partial charge in [-0.15, -0.1) is 0 Å². The van der Waals surface area contributed by atoms with Crippen molar-refractivity contribution in [1.29, 1.82) is 0 Å². The highest BCUT2D eigenvalue weighted by Crippen LogP contribution is 2.26. The zero-order valence-corrected chi connectivity index (χ0v) is 12.4. The van der Waals surface area contributed by atoms with Crippen molar-refractivity contribution >= 4 is 11.9 Å². The van der Waals surface area contributed by atoms with E-state index in [9.17, 15) is 9.59 Å². The molecule has 2 rings (SSSR count). The van der Waals surface area contributed by atoms with Crippen LogP contribution in [0.15, 0.2) is 18.3 Å². The number of hydrogen-bond acceptors (Lipinski definition) is 3. The third-order valence-electron chi connectivity index (χ3n) is 4.17. The van der Waals surface area contributed by atoms with Gasteiger partial charge in [0, 0.05) is 19.8 Å². The molecule has 1 aliphatic carbocycles. The Kier molecular flexibility index (Phi) is 5.31. The summed E-state index contributed by atoms with van der Waals surface area (Å²) in [5.74, 6) is -0.544. The molecule has 1 N–H and O–H groups in total. The molecular weight excluding hydrogens is 268 g/mol. The van der Waals surface area contributed by atoms with Crippen LogP contribution in [0.25, 0.3) is 0 Å². The highest BCUT2D eigenvalue weighted by atomic mass is 16.4. The zero-order chi connectivity index (χ0) is 15.2. The molecule has 1 aromatic rings. The summed E-state index contributed by atoms with van der Waals surface area (Å²) >= 11 is 0. The summed E-state index contributed by atoms with van der Waals surface area (Å²) in [6.45, 7) is 0.697. The lowest BCUT2D eigenvalue weighted by atomic mass is 9.87. The number of hydrogen-bond donors (Lipinski definition) is 1. The van der Waals surface area contributed by atoms with Gasteiger partial charge in [-0.25, -0.2) is 4.79 Å². The zero-order valence-electron chi connectivity index (χ0n) is 12.4. The highest BCUT2D eigenvalue weighted by Gasteiger charge is 2.18. The van der Waals surface area contributed by atoms with Gasteiger partial charge in [0.2, 0.25) is 0 Å². The number of aromatic nitrogens is 1. The Bertz CT molecular complexity index is 510. The molecule has 1 aliphatic rings. The molecule has 0 radical (unpaired) electrons. The van der Waals surface area contributed by atoms with Crippen LogP contribution in [-0.2, 0) is 0 Å². The minimum atomic E-state index is -1.05. The molecule has 0 unspecified atom stereocenters. The number of carboxylic acid groups (broad SMARTS) is 1. The first-order valence-electron chi connectivity index (χ1n) is 7.52. The number of aromatic carboxylic acids is 1. The van der Waals surface area contributed by atoms with E-state index in [1.807, 2.05) is 0 Å². The summed E-state index contributed by atoms with van der Waals surface area (Å²) in [6, 6.07) is 2.73. The molecular formula is C16H22N2O3. The fourth-order valence-corrected chi connectivity index (χ4v) is 2.83. The van der Waals surface area contributed by atoms with E-state index in [0.29, 0.717) is 12.5 Å². The monoisotopic (exact) mass is 290 g/mol. The Morgan fingerprint density at radius 3 is 2.71 bits per heavy atom. The molecule has 1 fully saturated rings. The second-order valence-corrected chi connectivity index (χ2v) is 5.75. The topological polar surface area (TPSA) is 70.5 Å². The Hall–Kier alpha value is -1.91. The van der Waals surface area contributed by atoms with Crippen LogP contribution in [0.1, 0.15) is 59.4 Å². The van der Waals surface area contributed by atoms with Crippen LogP contribution in [0.3, 0.4) is 0 Å². The van der Waals surface area contributed by atoms with Gasteiger partial charge in [-0.3, -0.25) is 9.78 Å². The van der Waals surface area contributed by atoms with Gasteiger partial charge >= 0.3 is 5.97 Å². The molecule has 0 spiro atoms. The summed E-state index contributed by atoms with van der Waals surface area (Å²) < 4.78 is 0. The van der Waals surface area contributed by atoms with E-state index < -0.39 is 5.97 Å². The summed E-state index contributed by atoms with van der Waals surface area (Å²) in [5, 5.41) is 8.95. The van der Waals surface area contributed by atoms with Crippen LogP contribution in [-0.4, -0.2) is 40.5 Å². The summed E-state index contributed by atoms with van der Waals surface area (Å²) in [6.07, 6.45) is 8.82. The first-order valence-corrected chi connectivity index (χ1v) is 7.52. The van der Waals surface area contributed by atoms with Gasteiger partial charge in [-0.2, -0.15) is 0 Å². The second-order valence-electron chi connectivity index (χ2n) is 5.75. The maximum Gasteiger partial charge on any atom is 0.335 e. The van der Waals surface area contributed by atoms with Gasteiger partial charge in [0.15, 0.2) is 0 Å². The van der Waals surface area contributed by atoms with Crippen molar-refractivity contribution in [2.75, 3.05) is 13.6 Å². The average Bonchev–Trinajstić information content (AvgIpc) is 2.53. The van der Waals surface area contributed by atoms with Crippen molar-refractivity contribution in [1.82, 2.24) is 9.88 Å². The molecule has 114 valence electrons. The number of carbonyl (C=O) groups is 2. The van der Waals surface area contributed by atoms with Crippen molar-refractivity contribution in [2.24, 2.45) is 5.92 Å². The van der Waals surface area contributed by atoms with Crippen LogP contribution in [0.2, 0.25) is 0 Å². The minimum Gasteiger partial charge on any atom is -0.478 e. The van der Waals surface area contributed by atoms with Crippen molar-refractivity contribution in [3.8, 4) is 0 Å². The molecule has 1 amide bonds. The van der Waals surface area contributed by atoms with E-state index in [1.54, 1.807) is 11.9 Å². The normalized spacial score (nSPS) is 15.7. The molecule has 0 aromatic carbocycles. The van der Waals surface area contributed by atoms with Gasteiger partial charge < -0.3 is 10.0 Å². The molecule has 1 aromatic heterocycles. The number of amides is 1. The molecule has 5 heteroatoms. The maximum atomic E-state index is 12.3. The van der Waals surface area contributed by atoms with Gasteiger partial charge in [0.1, 0.15) is 5.69 Å². The van der Waals surface area contributed by atoms with Gasteiger partial charge in [-0.05, 0) is 24.5 Å². The van der Waals surface area contributed by atoms with E-state index in [1.165, 1.54) is 50.4 Å². The Labute approximate surface area is 125 Å². The van der Waals surface area contributed by atoms with Crippen LogP contribution >= 0.6 is 0 Å². The van der Waals surface area contributed by atoms with Crippen LogP contribution < -0.4 is 0 Å². The first-order chi connectivity index (χ1) is 10.1. The molecule has 1 saturated carbocycles. The van der Waals surface area contributed by atoms with E-state index >= 15 is 0 Å². The van der Waals surface area contributed by atoms with Crippen LogP contribution in [0.5, 0.6) is 0 Å². The number of pyridine rings is 1. The van der Waals surface area contributed by atoms with Crippen LogP contribution in [0, 0.1) is 5.92 Å². The Morgan fingerprint density at radius 1 is 1.33 bits per heavy atom. The molecule has 0 atom stereocenters. The summed E-state index contributed by atoms with van der Waals surface area (Å²) in [7, 11) is 1.75. The first kappa shape index (κ1) is 15.5. The molecule has 0 aliphatic heterocycles. The minimum absolute atomic E-state index is 0.0917. The largest absolute Gasteiger partial charge is 0.478 e. The highest BCUT2D eigenvalue weighted by molar-refractivity contribution is 5.95. The van der Waals surface area contributed by atoms with E-state index in [0.717, 1.165) is 6.42 Å². The SMILES string of the molecule is CN(CCC1CCCCC1)C(=O)c1cc(C(=O)O)ccn1.